The van der Waals surface area contributed by atoms with Crippen molar-refractivity contribution in [3.8, 4) is 0 Å². The van der Waals surface area contributed by atoms with Crippen LogP contribution in [-0.4, -0.2) is 27.0 Å². The summed E-state index contributed by atoms with van der Waals surface area (Å²) in [6.07, 6.45) is 1.33. The van der Waals surface area contributed by atoms with Crippen molar-refractivity contribution in [1.82, 2.24) is 4.57 Å². The van der Waals surface area contributed by atoms with Gasteiger partial charge >= 0.3 is 5.82 Å². The minimum atomic E-state index is -0.519. The third-order valence-electron chi connectivity index (χ3n) is 2.97. The van der Waals surface area contributed by atoms with Crippen LogP contribution in [0.25, 0.3) is 0 Å². The molecule has 20 heavy (non-hydrogen) atoms. The van der Waals surface area contributed by atoms with Gasteiger partial charge in [0, 0.05) is 6.92 Å². The zero-order valence-electron chi connectivity index (χ0n) is 10.9. The number of hydrogen-bond donors (Lipinski definition) is 1. The second kappa shape index (κ2) is 5.93. The van der Waals surface area contributed by atoms with Crippen LogP contribution >= 0.6 is 11.3 Å². The first kappa shape index (κ1) is 14.4. The Labute approximate surface area is 118 Å². The van der Waals surface area contributed by atoms with Gasteiger partial charge in [0.2, 0.25) is 5.78 Å². The van der Waals surface area contributed by atoms with E-state index in [0.717, 1.165) is 0 Å². The van der Waals surface area contributed by atoms with Gasteiger partial charge in [0.15, 0.2) is 12.7 Å². The molecule has 0 aliphatic carbocycles. The molecule has 2 aromatic rings. The number of carbonyl (C=O) groups is 1. The average molecular weight is 296 g/mol. The molecule has 0 spiro atoms. The van der Waals surface area contributed by atoms with Crippen molar-refractivity contribution >= 4 is 22.9 Å². The molecule has 0 atom stereocenters. The Morgan fingerprint density at radius 3 is 2.90 bits per heavy atom. The Kier molecular flexibility index (Phi) is 4.26. The van der Waals surface area contributed by atoms with Gasteiger partial charge in [-0.1, -0.05) is 6.07 Å². The summed E-state index contributed by atoms with van der Waals surface area (Å²) >= 11 is 1.34. The topological polar surface area (TPSA) is 89.2 Å². The standard InChI is InChI=1S/C12H14N3O4S/c1-9-13(7-10(17)11-3-2-6-20-11)8-12(15(18)19)14(9)4-5-16/h2-3,6,8,16H,4-5,7H2,1H3/q+1. The first-order valence-electron chi connectivity index (χ1n) is 5.96. The molecular weight excluding hydrogens is 282 g/mol. The van der Waals surface area contributed by atoms with E-state index in [1.165, 1.54) is 26.7 Å². The van der Waals surface area contributed by atoms with E-state index >= 15 is 0 Å². The van der Waals surface area contributed by atoms with Gasteiger partial charge in [-0.15, -0.1) is 11.3 Å². The van der Waals surface area contributed by atoms with E-state index in [4.69, 9.17) is 5.11 Å². The third kappa shape index (κ3) is 2.75. The molecule has 0 aromatic carbocycles. The van der Waals surface area contributed by atoms with Gasteiger partial charge in [0.25, 0.3) is 5.82 Å². The Balaban J connectivity index is 2.30. The number of nitro groups is 1. The molecule has 0 aliphatic rings. The highest BCUT2D eigenvalue weighted by Gasteiger charge is 2.25. The lowest BCUT2D eigenvalue weighted by molar-refractivity contribution is -0.689. The molecule has 0 aliphatic heterocycles. The normalized spacial score (nSPS) is 10.7. The molecule has 2 rings (SSSR count). The molecule has 0 unspecified atom stereocenters. The maximum absolute atomic E-state index is 12.0. The summed E-state index contributed by atoms with van der Waals surface area (Å²) in [6, 6.07) is 3.51. The van der Waals surface area contributed by atoms with Crippen molar-refractivity contribution in [2.24, 2.45) is 0 Å². The largest absolute Gasteiger partial charge is 0.392 e. The molecule has 2 aromatic heterocycles. The number of aliphatic hydroxyl groups is 1. The number of thiophene rings is 1. The fraction of sp³-hybridized carbons (Fsp3) is 0.333. The second-order valence-electron chi connectivity index (χ2n) is 4.20. The average Bonchev–Trinajstić information content (AvgIpc) is 3.02. The first-order valence-corrected chi connectivity index (χ1v) is 6.84. The smallest absolute Gasteiger partial charge is 0.365 e. The maximum Gasteiger partial charge on any atom is 0.365 e. The zero-order valence-corrected chi connectivity index (χ0v) is 11.7. The highest BCUT2D eigenvalue weighted by molar-refractivity contribution is 7.12. The van der Waals surface area contributed by atoms with Gasteiger partial charge < -0.3 is 15.2 Å². The monoisotopic (exact) mass is 296 g/mol. The number of Topliss-reactive ketones (excluding diaryl/α,β-unsaturated/α-hetero) is 1. The number of nitrogens with zero attached hydrogens (tertiary/aromatic N) is 3. The Morgan fingerprint density at radius 1 is 1.60 bits per heavy atom. The van der Waals surface area contributed by atoms with Crippen LogP contribution < -0.4 is 4.57 Å². The second-order valence-corrected chi connectivity index (χ2v) is 5.14. The van der Waals surface area contributed by atoms with Gasteiger partial charge in [-0.25, -0.2) is 4.57 Å². The number of aromatic nitrogens is 2. The summed E-state index contributed by atoms with van der Waals surface area (Å²) in [7, 11) is 0. The van der Waals surface area contributed by atoms with Crippen LogP contribution in [0.2, 0.25) is 0 Å². The molecule has 1 N–H and O–H groups in total. The molecular formula is C12H14N3O4S+. The van der Waals surface area contributed by atoms with Gasteiger partial charge in [-0.05, 0) is 16.4 Å². The summed E-state index contributed by atoms with van der Waals surface area (Å²) < 4.78 is 2.93. The third-order valence-corrected chi connectivity index (χ3v) is 3.89. The van der Waals surface area contributed by atoms with Crippen molar-refractivity contribution < 1.29 is 19.4 Å². The first-order chi connectivity index (χ1) is 9.54. The summed E-state index contributed by atoms with van der Waals surface area (Å²) in [5.41, 5.74) is 0. The van der Waals surface area contributed by atoms with E-state index in [-0.39, 0.29) is 31.3 Å². The van der Waals surface area contributed by atoms with Crippen molar-refractivity contribution in [3.63, 3.8) is 0 Å². The van der Waals surface area contributed by atoms with Crippen LogP contribution in [0, 0.1) is 17.0 Å². The van der Waals surface area contributed by atoms with E-state index in [9.17, 15) is 14.9 Å². The van der Waals surface area contributed by atoms with Crippen molar-refractivity contribution in [1.29, 1.82) is 0 Å². The van der Waals surface area contributed by atoms with Crippen LogP contribution in [0.15, 0.2) is 23.7 Å². The molecule has 8 heteroatoms. The SMILES string of the molecule is Cc1n(CCO)c([N+](=O)[O-])c[n+]1CC(=O)c1cccs1. The lowest BCUT2D eigenvalue weighted by Crippen LogP contribution is -2.39. The molecule has 0 saturated heterocycles. The molecule has 7 nitrogen and oxygen atoms in total. The van der Waals surface area contributed by atoms with Crippen LogP contribution in [-0.2, 0) is 13.1 Å². The summed E-state index contributed by atoms with van der Waals surface area (Å²) in [5.74, 6) is 0.343. The van der Waals surface area contributed by atoms with Gasteiger partial charge in [-0.2, -0.15) is 4.57 Å². The molecule has 0 bridgehead atoms. The molecule has 106 valence electrons. The van der Waals surface area contributed by atoms with Crippen LogP contribution in [0.5, 0.6) is 0 Å². The van der Waals surface area contributed by atoms with E-state index < -0.39 is 4.92 Å². The summed E-state index contributed by atoms with van der Waals surface area (Å²) in [5, 5.41) is 21.8. The predicted molar refractivity (Wildman–Crippen MR) is 71.8 cm³/mol. The Hall–Kier alpha value is -2.06. The quantitative estimate of drug-likeness (QED) is 0.371. The fourth-order valence-corrected chi connectivity index (χ4v) is 2.63. The highest BCUT2D eigenvalue weighted by Crippen LogP contribution is 2.13. The van der Waals surface area contributed by atoms with Crippen LogP contribution in [0.3, 0.4) is 0 Å². The maximum atomic E-state index is 12.0. The fourth-order valence-electron chi connectivity index (χ4n) is 1.98. The lowest BCUT2D eigenvalue weighted by Gasteiger charge is -1.99. The summed E-state index contributed by atoms with van der Waals surface area (Å²) in [4.78, 5) is 23.1. The molecule has 0 fully saturated rings. The molecule has 0 amide bonds. The Bertz CT molecular complexity index is 633. The zero-order chi connectivity index (χ0) is 14.7. The number of imidazole rings is 1. The lowest BCUT2D eigenvalue weighted by atomic mass is 10.3. The van der Waals surface area contributed by atoms with Crippen molar-refractivity contribution in [3.05, 3.63) is 44.5 Å². The number of hydrogen-bond acceptors (Lipinski definition) is 5. The van der Waals surface area contributed by atoms with E-state index in [0.29, 0.717) is 10.7 Å². The van der Waals surface area contributed by atoms with Crippen LogP contribution in [0.1, 0.15) is 15.5 Å². The van der Waals surface area contributed by atoms with E-state index in [1.54, 1.807) is 19.1 Å². The highest BCUT2D eigenvalue weighted by atomic mass is 32.1. The van der Waals surface area contributed by atoms with Crippen molar-refractivity contribution in [2.45, 2.75) is 20.0 Å². The molecule has 2 heterocycles. The number of aliphatic hydroxyl groups excluding tert-OH is 1. The van der Waals surface area contributed by atoms with Crippen molar-refractivity contribution in [2.75, 3.05) is 6.61 Å². The van der Waals surface area contributed by atoms with Crippen LogP contribution in [0.4, 0.5) is 5.82 Å². The Morgan fingerprint density at radius 2 is 2.35 bits per heavy atom. The minimum Gasteiger partial charge on any atom is -0.392 e. The predicted octanol–water partition coefficient (Wildman–Crippen LogP) is 0.929. The van der Waals surface area contributed by atoms with E-state index in [1.807, 2.05) is 5.38 Å². The van der Waals surface area contributed by atoms with Gasteiger partial charge in [0.05, 0.1) is 11.5 Å². The number of carbonyl (C=O) groups excluding carboxylic acids is 1. The number of ketones is 1. The van der Waals surface area contributed by atoms with E-state index in [2.05, 4.69) is 0 Å². The molecule has 0 radical (unpaired) electrons. The van der Waals surface area contributed by atoms with Gasteiger partial charge in [0.1, 0.15) is 6.54 Å². The summed E-state index contributed by atoms with van der Waals surface area (Å²) in [6.45, 7) is 1.66. The number of rotatable bonds is 6. The molecule has 0 saturated carbocycles. The minimum absolute atomic E-state index is 0.0472. The van der Waals surface area contributed by atoms with Gasteiger partial charge in [-0.3, -0.25) is 4.79 Å².